The summed E-state index contributed by atoms with van der Waals surface area (Å²) in [6.45, 7) is 0.629. The SMILES string of the molecule is CC(=O)Nc1ccc(S(=O)(=O)N(C)c2ccc(OCC(=O)OCC(=O)NC3CCCCCC3)cc2)cc1. The monoisotopic (exact) mass is 531 g/mol. The summed E-state index contributed by atoms with van der Waals surface area (Å²) >= 11 is 0. The molecule has 0 atom stereocenters. The van der Waals surface area contributed by atoms with E-state index < -0.39 is 16.0 Å². The normalized spacial score (nSPS) is 14.2. The number of hydrogen-bond acceptors (Lipinski definition) is 7. The average Bonchev–Trinajstić information content (AvgIpc) is 3.14. The molecule has 0 aliphatic heterocycles. The number of carbonyl (C=O) groups is 3. The van der Waals surface area contributed by atoms with E-state index in [0.717, 1.165) is 30.0 Å². The van der Waals surface area contributed by atoms with Gasteiger partial charge in [0.25, 0.3) is 15.9 Å². The summed E-state index contributed by atoms with van der Waals surface area (Å²) in [7, 11) is -2.42. The predicted molar refractivity (Wildman–Crippen MR) is 139 cm³/mol. The summed E-state index contributed by atoms with van der Waals surface area (Å²) in [5.74, 6) is -0.908. The highest BCUT2D eigenvalue weighted by Crippen LogP contribution is 2.25. The van der Waals surface area contributed by atoms with Gasteiger partial charge in [-0.3, -0.25) is 13.9 Å². The first kappa shape index (κ1) is 28.0. The highest BCUT2D eigenvalue weighted by atomic mass is 32.2. The number of esters is 1. The van der Waals surface area contributed by atoms with Crippen LogP contribution in [0, 0.1) is 0 Å². The summed E-state index contributed by atoms with van der Waals surface area (Å²) < 4.78 is 37.4. The van der Waals surface area contributed by atoms with Crippen LogP contribution in [-0.2, 0) is 29.1 Å². The minimum Gasteiger partial charge on any atom is -0.482 e. The molecule has 0 radical (unpaired) electrons. The molecule has 1 aliphatic rings. The highest BCUT2D eigenvalue weighted by molar-refractivity contribution is 7.92. The van der Waals surface area contributed by atoms with Crippen LogP contribution in [0.5, 0.6) is 5.75 Å². The Kier molecular flexibility index (Phi) is 9.90. The minimum atomic E-state index is -3.84. The van der Waals surface area contributed by atoms with Crippen molar-refractivity contribution in [2.24, 2.45) is 0 Å². The van der Waals surface area contributed by atoms with Crippen LogP contribution in [0.1, 0.15) is 45.4 Å². The molecule has 10 nitrogen and oxygen atoms in total. The van der Waals surface area contributed by atoms with Gasteiger partial charge in [-0.15, -0.1) is 0 Å². The second-order valence-corrected chi connectivity index (χ2v) is 10.8. The third kappa shape index (κ3) is 8.49. The summed E-state index contributed by atoms with van der Waals surface area (Å²) in [6.07, 6.45) is 6.43. The van der Waals surface area contributed by atoms with Gasteiger partial charge in [-0.05, 0) is 61.4 Å². The molecule has 11 heteroatoms. The van der Waals surface area contributed by atoms with Gasteiger partial charge in [-0.25, -0.2) is 13.2 Å². The van der Waals surface area contributed by atoms with Crippen LogP contribution in [0.2, 0.25) is 0 Å². The van der Waals surface area contributed by atoms with Crippen molar-refractivity contribution in [3.8, 4) is 5.75 Å². The topological polar surface area (TPSA) is 131 Å². The van der Waals surface area contributed by atoms with E-state index in [-0.39, 0.29) is 36.0 Å². The number of nitrogens with one attached hydrogen (secondary N) is 2. The molecule has 0 saturated heterocycles. The Balaban J connectivity index is 1.47. The lowest BCUT2D eigenvalue weighted by Gasteiger charge is -2.20. The fraction of sp³-hybridized carbons (Fsp3) is 0.423. The van der Waals surface area contributed by atoms with Crippen molar-refractivity contribution in [1.82, 2.24) is 5.32 Å². The van der Waals surface area contributed by atoms with Gasteiger partial charge in [0.05, 0.1) is 10.6 Å². The largest absolute Gasteiger partial charge is 0.482 e. The van der Waals surface area contributed by atoms with Crippen LogP contribution >= 0.6 is 0 Å². The van der Waals surface area contributed by atoms with Gasteiger partial charge < -0.3 is 20.1 Å². The predicted octanol–water partition coefficient (Wildman–Crippen LogP) is 3.23. The van der Waals surface area contributed by atoms with Crippen LogP contribution in [-0.4, -0.2) is 52.5 Å². The summed E-state index contributed by atoms with van der Waals surface area (Å²) in [4.78, 5) is 35.2. The lowest BCUT2D eigenvalue weighted by atomic mass is 10.1. The smallest absolute Gasteiger partial charge is 0.344 e. The maximum atomic E-state index is 12.9. The van der Waals surface area contributed by atoms with Crippen LogP contribution in [0.25, 0.3) is 0 Å². The van der Waals surface area contributed by atoms with E-state index in [0.29, 0.717) is 17.1 Å². The lowest BCUT2D eigenvalue weighted by molar-refractivity contribution is -0.150. The highest BCUT2D eigenvalue weighted by Gasteiger charge is 2.21. The number of hydrogen-bond donors (Lipinski definition) is 2. The second-order valence-electron chi connectivity index (χ2n) is 8.88. The number of anilines is 2. The molecule has 0 heterocycles. The van der Waals surface area contributed by atoms with Crippen molar-refractivity contribution in [1.29, 1.82) is 0 Å². The quantitative estimate of drug-likeness (QED) is 0.355. The molecule has 3 rings (SSSR count). The van der Waals surface area contributed by atoms with E-state index >= 15 is 0 Å². The molecule has 2 amide bonds. The average molecular weight is 532 g/mol. The third-order valence-corrected chi connectivity index (χ3v) is 7.77. The van der Waals surface area contributed by atoms with E-state index in [4.69, 9.17) is 9.47 Å². The molecule has 0 spiro atoms. The first-order valence-electron chi connectivity index (χ1n) is 12.2. The van der Waals surface area contributed by atoms with E-state index in [1.54, 1.807) is 12.1 Å². The minimum absolute atomic E-state index is 0.0650. The van der Waals surface area contributed by atoms with Gasteiger partial charge in [0.2, 0.25) is 5.91 Å². The van der Waals surface area contributed by atoms with E-state index in [2.05, 4.69) is 10.6 Å². The van der Waals surface area contributed by atoms with Crippen LogP contribution < -0.4 is 19.7 Å². The fourth-order valence-electron chi connectivity index (χ4n) is 3.99. The molecule has 1 fully saturated rings. The van der Waals surface area contributed by atoms with Crippen molar-refractivity contribution >= 4 is 39.2 Å². The van der Waals surface area contributed by atoms with Crippen molar-refractivity contribution in [3.05, 3.63) is 48.5 Å². The molecule has 1 saturated carbocycles. The first-order valence-corrected chi connectivity index (χ1v) is 13.6. The molecule has 2 aromatic carbocycles. The number of rotatable bonds is 10. The molecule has 1 aliphatic carbocycles. The van der Waals surface area contributed by atoms with Crippen LogP contribution in [0.4, 0.5) is 11.4 Å². The molecular weight excluding hydrogens is 498 g/mol. The molecule has 0 aromatic heterocycles. The molecule has 2 N–H and O–H groups in total. The zero-order chi connectivity index (χ0) is 26.8. The van der Waals surface area contributed by atoms with Crippen molar-refractivity contribution < 1.29 is 32.3 Å². The number of nitrogens with zero attached hydrogens (tertiary/aromatic N) is 1. The van der Waals surface area contributed by atoms with Crippen molar-refractivity contribution in [2.75, 3.05) is 29.9 Å². The van der Waals surface area contributed by atoms with Gasteiger partial charge >= 0.3 is 5.97 Å². The van der Waals surface area contributed by atoms with E-state index in [1.807, 2.05) is 0 Å². The summed E-state index contributed by atoms with van der Waals surface area (Å²) in [6, 6.07) is 12.1. The maximum Gasteiger partial charge on any atom is 0.344 e. The molecule has 2 aromatic rings. The Hall–Kier alpha value is -3.60. The van der Waals surface area contributed by atoms with E-state index in [9.17, 15) is 22.8 Å². The van der Waals surface area contributed by atoms with Crippen LogP contribution in [0.3, 0.4) is 0 Å². The zero-order valence-corrected chi connectivity index (χ0v) is 21.9. The third-order valence-electron chi connectivity index (χ3n) is 5.97. The van der Waals surface area contributed by atoms with Gasteiger partial charge in [0, 0.05) is 25.7 Å². The summed E-state index contributed by atoms with van der Waals surface area (Å²) in [5.41, 5.74) is 0.880. The summed E-state index contributed by atoms with van der Waals surface area (Å²) in [5, 5.41) is 5.50. The fourth-order valence-corrected chi connectivity index (χ4v) is 5.18. The molecular formula is C26H33N3O7S. The second kappa shape index (κ2) is 13.1. The molecule has 37 heavy (non-hydrogen) atoms. The Bertz CT molecular complexity index is 1170. The first-order chi connectivity index (χ1) is 17.6. The Morgan fingerprint density at radius 2 is 1.54 bits per heavy atom. The standard InChI is InChI=1S/C26H33N3O7S/c1-19(30)27-21-9-15-24(16-10-21)37(33,34)29(2)22-11-13-23(14-12-22)35-18-26(32)36-17-25(31)28-20-7-5-3-4-6-8-20/h9-16,20H,3-8,17-18H2,1-2H3,(H,27,30)(H,28,31). The van der Waals surface area contributed by atoms with Gasteiger partial charge in [0.15, 0.2) is 13.2 Å². The lowest BCUT2D eigenvalue weighted by Crippen LogP contribution is -2.37. The number of carbonyl (C=O) groups excluding carboxylic acids is 3. The Morgan fingerprint density at radius 3 is 2.14 bits per heavy atom. The number of sulfonamides is 1. The number of amides is 2. The molecule has 200 valence electrons. The molecule has 0 unspecified atom stereocenters. The van der Waals surface area contributed by atoms with Crippen molar-refractivity contribution in [3.63, 3.8) is 0 Å². The molecule has 0 bridgehead atoms. The van der Waals surface area contributed by atoms with Gasteiger partial charge in [-0.2, -0.15) is 0 Å². The zero-order valence-electron chi connectivity index (χ0n) is 21.1. The number of benzene rings is 2. The van der Waals surface area contributed by atoms with Gasteiger partial charge in [-0.1, -0.05) is 25.7 Å². The van der Waals surface area contributed by atoms with Crippen molar-refractivity contribution in [2.45, 2.75) is 56.4 Å². The Morgan fingerprint density at radius 1 is 0.919 bits per heavy atom. The maximum absolute atomic E-state index is 12.9. The Labute approximate surface area is 217 Å². The van der Waals surface area contributed by atoms with Crippen LogP contribution in [0.15, 0.2) is 53.4 Å². The number of ether oxygens (including phenoxy) is 2. The van der Waals surface area contributed by atoms with Gasteiger partial charge in [0.1, 0.15) is 5.75 Å². The van der Waals surface area contributed by atoms with E-state index in [1.165, 1.54) is 63.2 Å².